The minimum Gasteiger partial charge on any atom is -0.306 e. The Bertz CT molecular complexity index is 260. The van der Waals surface area contributed by atoms with Crippen LogP contribution in [0, 0.1) is 11.3 Å². The summed E-state index contributed by atoms with van der Waals surface area (Å²) in [5, 5.41) is 0. The molecule has 1 saturated carbocycles. The van der Waals surface area contributed by atoms with E-state index in [1.54, 1.807) is 0 Å². The lowest BCUT2D eigenvalue weighted by Gasteiger charge is -2.36. The lowest BCUT2D eigenvalue weighted by atomic mass is 9.90. The van der Waals surface area contributed by atoms with Crippen LogP contribution in [0.25, 0.3) is 0 Å². The van der Waals surface area contributed by atoms with E-state index >= 15 is 0 Å². The highest BCUT2D eigenvalue weighted by molar-refractivity contribution is 5.10. The zero-order valence-corrected chi connectivity index (χ0v) is 11.6. The Balaban J connectivity index is 1.51. The minimum absolute atomic E-state index is 0.756. The molecule has 2 aliphatic heterocycles. The third-order valence-corrected chi connectivity index (χ3v) is 5.80. The first-order valence-corrected chi connectivity index (χ1v) is 7.66. The summed E-state index contributed by atoms with van der Waals surface area (Å²) in [7, 11) is 2.27. The molecule has 0 N–H and O–H groups in total. The van der Waals surface area contributed by atoms with Crippen molar-refractivity contribution in [1.82, 2.24) is 9.80 Å². The Labute approximate surface area is 106 Å². The molecule has 98 valence electrons. The topological polar surface area (TPSA) is 6.48 Å². The standard InChI is InChI=1S/C15H28N2/c1-3-13-4-8-17(9-5-13)14-12-15(14)6-10-16(2)11-7-15/h13-14H,3-12H2,1-2H3. The summed E-state index contributed by atoms with van der Waals surface area (Å²) in [6, 6.07) is 0.967. The summed E-state index contributed by atoms with van der Waals surface area (Å²) in [4.78, 5) is 5.33. The highest BCUT2D eigenvalue weighted by atomic mass is 15.2. The van der Waals surface area contributed by atoms with Crippen LogP contribution in [0.4, 0.5) is 0 Å². The molecule has 2 nitrogen and oxygen atoms in total. The first-order valence-electron chi connectivity index (χ1n) is 7.66. The third-order valence-electron chi connectivity index (χ3n) is 5.80. The zero-order chi connectivity index (χ0) is 11.9. The summed E-state index contributed by atoms with van der Waals surface area (Å²) < 4.78 is 0. The van der Waals surface area contributed by atoms with E-state index in [9.17, 15) is 0 Å². The summed E-state index contributed by atoms with van der Waals surface area (Å²) in [5.74, 6) is 1.03. The van der Waals surface area contributed by atoms with Gasteiger partial charge in [0.05, 0.1) is 0 Å². The number of hydrogen-bond acceptors (Lipinski definition) is 2. The molecule has 0 radical (unpaired) electrons. The first-order chi connectivity index (χ1) is 8.23. The molecule has 1 spiro atoms. The van der Waals surface area contributed by atoms with Gasteiger partial charge in [0.2, 0.25) is 0 Å². The zero-order valence-electron chi connectivity index (χ0n) is 11.6. The van der Waals surface area contributed by atoms with Crippen LogP contribution in [0.3, 0.4) is 0 Å². The van der Waals surface area contributed by atoms with Gasteiger partial charge >= 0.3 is 0 Å². The third kappa shape index (κ3) is 2.26. The maximum absolute atomic E-state index is 2.83. The molecule has 17 heavy (non-hydrogen) atoms. The predicted octanol–water partition coefficient (Wildman–Crippen LogP) is 2.59. The maximum Gasteiger partial charge on any atom is 0.0159 e. The number of likely N-dealkylation sites (tertiary alicyclic amines) is 2. The second-order valence-corrected chi connectivity index (χ2v) is 6.77. The molecule has 1 unspecified atom stereocenters. The molecule has 2 saturated heterocycles. The van der Waals surface area contributed by atoms with Crippen molar-refractivity contribution in [3.8, 4) is 0 Å². The van der Waals surface area contributed by atoms with E-state index in [2.05, 4.69) is 23.8 Å². The number of hydrogen-bond donors (Lipinski definition) is 0. The molecule has 3 rings (SSSR count). The lowest BCUT2D eigenvalue weighted by molar-refractivity contribution is 0.124. The molecule has 0 bridgehead atoms. The Kier molecular flexibility index (Phi) is 3.20. The van der Waals surface area contributed by atoms with Crippen molar-refractivity contribution in [3.05, 3.63) is 0 Å². The van der Waals surface area contributed by atoms with Crippen molar-refractivity contribution in [2.75, 3.05) is 33.2 Å². The molecule has 1 atom stereocenters. The van der Waals surface area contributed by atoms with Crippen LogP contribution in [-0.4, -0.2) is 49.1 Å². The summed E-state index contributed by atoms with van der Waals surface area (Å²) in [6.45, 7) is 7.81. The summed E-state index contributed by atoms with van der Waals surface area (Å²) in [6.07, 6.45) is 8.75. The van der Waals surface area contributed by atoms with Gasteiger partial charge in [-0.25, -0.2) is 0 Å². The number of rotatable bonds is 2. The van der Waals surface area contributed by atoms with Crippen molar-refractivity contribution in [1.29, 1.82) is 0 Å². The Morgan fingerprint density at radius 1 is 1.06 bits per heavy atom. The van der Waals surface area contributed by atoms with Gasteiger partial charge in [0.15, 0.2) is 0 Å². The van der Waals surface area contributed by atoms with E-state index in [-0.39, 0.29) is 0 Å². The van der Waals surface area contributed by atoms with Crippen LogP contribution >= 0.6 is 0 Å². The van der Waals surface area contributed by atoms with Crippen molar-refractivity contribution in [2.45, 2.75) is 51.5 Å². The Morgan fingerprint density at radius 3 is 2.29 bits per heavy atom. The van der Waals surface area contributed by atoms with Crippen LogP contribution < -0.4 is 0 Å². The van der Waals surface area contributed by atoms with E-state index in [1.165, 1.54) is 64.7 Å². The van der Waals surface area contributed by atoms with Crippen molar-refractivity contribution < 1.29 is 0 Å². The van der Waals surface area contributed by atoms with Crippen LogP contribution in [0.15, 0.2) is 0 Å². The van der Waals surface area contributed by atoms with Gasteiger partial charge in [0.1, 0.15) is 0 Å². The van der Waals surface area contributed by atoms with Gasteiger partial charge in [-0.2, -0.15) is 0 Å². The normalized spacial score (nSPS) is 35.3. The monoisotopic (exact) mass is 236 g/mol. The molecule has 0 amide bonds. The van der Waals surface area contributed by atoms with E-state index < -0.39 is 0 Å². The Hall–Kier alpha value is -0.0800. The van der Waals surface area contributed by atoms with Gasteiger partial charge in [-0.05, 0) is 76.7 Å². The second kappa shape index (κ2) is 4.55. The molecule has 0 aromatic carbocycles. The average Bonchev–Trinajstić information content (AvgIpc) is 3.08. The van der Waals surface area contributed by atoms with Gasteiger partial charge < -0.3 is 4.90 Å². The summed E-state index contributed by atoms with van der Waals surface area (Å²) in [5.41, 5.74) is 0.756. The van der Waals surface area contributed by atoms with Gasteiger partial charge in [0, 0.05) is 6.04 Å². The maximum atomic E-state index is 2.83. The van der Waals surface area contributed by atoms with E-state index in [0.29, 0.717) is 0 Å². The van der Waals surface area contributed by atoms with Crippen molar-refractivity contribution >= 4 is 0 Å². The van der Waals surface area contributed by atoms with Crippen LogP contribution in [0.1, 0.15) is 45.4 Å². The molecule has 2 heterocycles. The molecule has 2 heteroatoms. The van der Waals surface area contributed by atoms with Crippen LogP contribution in [-0.2, 0) is 0 Å². The predicted molar refractivity (Wildman–Crippen MR) is 72.2 cm³/mol. The van der Waals surface area contributed by atoms with Gasteiger partial charge in [-0.3, -0.25) is 4.90 Å². The van der Waals surface area contributed by atoms with E-state index in [1.807, 2.05) is 0 Å². The minimum atomic E-state index is 0.756. The Morgan fingerprint density at radius 2 is 1.71 bits per heavy atom. The quantitative estimate of drug-likeness (QED) is 0.727. The van der Waals surface area contributed by atoms with Gasteiger partial charge in [-0.1, -0.05) is 13.3 Å². The molecule has 0 aromatic rings. The van der Waals surface area contributed by atoms with Gasteiger partial charge in [0.25, 0.3) is 0 Å². The SMILES string of the molecule is CCC1CCN(C2CC23CCN(C)CC3)CC1. The number of piperidine rings is 2. The van der Waals surface area contributed by atoms with Crippen LogP contribution in [0.2, 0.25) is 0 Å². The molecular formula is C15H28N2. The van der Waals surface area contributed by atoms with Gasteiger partial charge in [-0.15, -0.1) is 0 Å². The number of nitrogens with zero attached hydrogens (tertiary/aromatic N) is 2. The molecule has 3 aliphatic rings. The summed E-state index contributed by atoms with van der Waals surface area (Å²) >= 11 is 0. The smallest absolute Gasteiger partial charge is 0.0159 e. The lowest BCUT2D eigenvalue weighted by Crippen LogP contribution is -2.40. The van der Waals surface area contributed by atoms with Crippen molar-refractivity contribution in [2.24, 2.45) is 11.3 Å². The average molecular weight is 236 g/mol. The molecular weight excluding hydrogens is 208 g/mol. The largest absolute Gasteiger partial charge is 0.306 e. The molecule has 0 aromatic heterocycles. The first kappa shape index (κ1) is 12.0. The van der Waals surface area contributed by atoms with E-state index in [0.717, 1.165) is 17.4 Å². The molecule has 1 aliphatic carbocycles. The fourth-order valence-electron chi connectivity index (χ4n) is 4.12. The van der Waals surface area contributed by atoms with Crippen LogP contribution in [0.5, 0.6) is 0 Å². The second-order valence-electron chi connectivity index (χ2n) is 6.77. The van der Waals surface area contributed by atoms with E-state index in [4.69, 9.17) is 0 Å². The molecule has 3 fully saturated rings. The fraction of sp³-hybridized carbons (Fsp3) is 1.00. The fourth-order valence-corrected chi connectivity index (χ4v) is 4.12. The highest BCUT2D eigenvalue weighted by Gasteiger charge is 2.57. The highest BCUT2D eigenvalue weighted by Crippen LogP contribution is 2.57. The van der Waals surface area contributed by atoms with Crippen molar-refractivity contribution in [3.63, 3.8) is 0 Å².